The van der Waals surface area contributed by atoms with Gasteiger partial charge in [-0.15, -0.1) is 11.3 Å². The fourth-order valence-corrected chi connectivity index (χ4v) is 2.93. The fraction of sp³-hybridized carbons (Fsp3) is 0.154. The number of nitrogens with one attached hydrogen (secondary N) is 1. The zero-order valence-electron chi connectivity index (χ0n) is 11.7. The molecule has 22 heavy (non-hydrogen) atoms. The molecule has 8 nitrogen and oxygen atoms in total. The van der Waals surface area contributed by atoms with Gasteiger partial charge >= 0.3 is 5.88 Å². The maximum atomic E-state index is 10.5. The summed E-state index contributed by atoms with van der Waals surface area (Å²) in [6.07, 6.45) is 2.82. The molecule has 0 saturated carbocycles. The van der Waals surface area contributed by atoms with Crippen LogP contribution in [0.1, 0.15) is 16.2 Å². The van der Waals surface area contributed by atoms with Crippen molar-refractivity contribution < 1.29 is 9.34 Å². The van der Waals surface area contributed by atoms with Crippen molar-refractivity contribution in [2.45, 2.75) is 13.8 Å². The van der Waals surface area contributed by atoms with Crippen LogP contribution in [0.3, 0.4) is 0 Å². The van der Waals surface area contributed by atoms with Gasteiger partial charge in [-0.05, 0) is 25.5 Å². The second-order valence-corrected chi connectivity index (χ2v) is 5.69. The lowest BCUT2D eigenvalue weighted by molar-refractivity contribution is -0.402. The van der Waals surface area contributed by atoms with Gasteiger partial charge in [0, 0.05) is 4.88 Å². The second kappa shape index (κ2) is 5.53. The molecule has 1 N–H and O–H groups in total. The summed E-state index contributed by atoms with van der Waals surface area (Å²) >= 11 is 1.59. The van der Waals surface area contributed by atoms with Crippen LogP contribution in [0.15, 0.2) is 28.0 Å². The number of fused-ring (bicyclic) bond motifs is 1. The molecule has 0 bridgehead atoms. The van der Waals surface area contributed by atoms with Crippen molar-refractivity contribution in [3.63, 3.8) is 0 Å². The van der Waals surface area contributed by atoms with Crippen LogP contribution in [0.5, 0.6) is 0 Å². The Kier molecular flexibility index (Phi) is 3.55. The molecule has 3 aromatic heterocycles. The Morgan fingerprint density at radius 3 is 2.95 bits per heavy atom. The highest BCUT2D eigenvalue weighted by Crippen LogP contribution is 2.32. The van der Waals surface area contributed by atoms with Crippen molar-refractivity contribution in [3.8, 4) is 0 Å². The van der Waals surface area contributed by atoms with Crippen LogP contribution in [-0.4, -0.2) is 21.1 Å². The molecule has 0 aliphatic carbocycles. The van der Waals surface area contributed by atoms with Crippen LogP contribution in [0, 0.1) is 24.0 Å². The number of furan rings is 1. The lowest BCUT2D eigenvalue weighted by Crippen LogP contribution is -1.95. The third kappa shape index (κ3) is 2.53. The number of rotatable bonds is 4. The number of hydrogen-bond donors (Lipinski definition) is 1. The molecular weight excluding hydrogens is 306 g/mol. The largest absolute Gasteiger partial charge is 0.433 e. The molecule has 0 aliphatic rings. The molecule has 0 saturated heterocycles. The van der Waals surface area contributed by atoms with Crippen LogP contribution >= 0.6 is 11.3 Å². The van der Waals surface area contributed by atoms with E-state index in [1.807, 2.05) is 13.8 Å². The molecule has 0 atom stereocenters. The van der Waals surface area contributed by atoms with E-state index in [1.54, 1.807) is 11.3 Å². The highest BCUT2D eigenvalue weighted by Gasteiger charge is 2.12. The van der Waals surface area contributed by atoms with E-state index in [0.717, 1.165) is 15.8 Å². The lowest BCUT2D eigenvalue weighted by Gasteiger charge is -2.01. The average molecular weight is 317 g/mol. The van der Waals surface area contributed by atoms with Crippen molar-refractivity contribution >= 4 is 39.5 Å². The van der Waals surface area contributed by atoms with Gasteiger partial charge in [0.2, 0.25) is 0 Å². The second-order valence-electron chi connectivity index (χ2n) is 4.49. The number of anilines is 1. The highest BCUT2D eigenvalue weighted by atomic mass is 32.1. The first kappa shape index (κ1) is 14.1. The highest BCUT2D eigenvalue weighted by molar-refractivity contribution is 7.18. The number of nitrogens with zero attached hydrogens (tertiary/aromatic N) is 4. The normalized spacial score (nSPS) is 11.4. The van der Waals surface area contributed by atoms with Crippen LogP contribution in [0.4, 0.5) is 11.7 Å². The quantitative estimate of drug-likeness (QED) is 0.449. The van der Waals surface area contributed by atoms with Gasteiger partial charge in [-0.1, -0.05) is 0 Å². The summed E-state index contributed by atoms with van der Waals surface area (Å²) in [6, 6.07) is 2.75. The van der Waals surface area contributed by atoms with E-state index in [4.69, 9.17) is 4.42 Å². The Morgan fingerprint density at radius 2 is 2.23 bits per heavy atom. The molecule has 112 valence electrons. The van der Waals surface area contributed by atoms with E-state index in [2.05, 4.69) is 20.5 Å². The molecule has 0 aliphatic heterocycles. The monoisotopic (exact) mass is 317 g/mol. The van der Waals surface area contributed by atoms with Crippen molar-refractivity contribution in [1.82, 2.24) is 9.97 Å². The number of aryl methyl sites for hydroxylation is 2. The van der Waals surface area contributed by atoms with E-state index < -0.39 is 4.92 Å². The fourth-order valence-electron chi connectivity index (χ4n) is 1.93. The van der Waals surface area contributed by atoms with E-state index in [1.165, 1.54) is 29.6 Å². The summed E-state index contributed by atoms with van der Waals surface area (Å²) < 4.78 is 4.98. The number of hydrogen-bond acceptors (Lipinski definition) is 8. The number of aromatic nitrogens is 2. The summed E-state index contributed by atoms with van der Waals surface area (Å²) in [5.74, 6) is 0.544. The van der Waals surface area contributed by atoms with Crippen LogP contribution < -0.4 is 5.43 Å². The third-order valence-electron chi connectivity index (χ3n) is 3.12. The molecule has 0 fully saturated rings. The van der Waals surface area contributed by atoms with Crippen LogP contribution in [0.25, 0.3) is 10.2 Å². The standard InChI is InChI=1S/C13H11N5O3S/c1-7-8(2)22-13-11(7)12(14-6-15-13)17-16-5-9-3-4-10(21-9)18(19)20/h3-6H,1-2H3,(H,14,15,17)/b16-5-. The first-order valence-corrected chi connectivity index (χ1v) is 7.12. The molecule has 0 aromatic carbocycles. The van der Waals surface area contributed by atoms with E-state index in [9.17, 15) is 10.1 Å². The molecule has 3 rings (SSSR count). The Balaban J connectivity index is 1.84. The first-order chi connectivity index (χ1) is 10.6. The minimum absolute atomic E-state index is 0.280. The van der Waals surface area contributed by atoms with Crippen molar-refractivity contribution in [2.24, 2.45) is 5.10 Å². The third-order valence-corrected chi connectivity index (χ3v) is 4.24. The maximum absolute atomic E-state index is 10.5. The summed E-state index contributed by atoms with van der Waals surface area (Å²) in [6.45, 7) is 4.03. The SMILES string of the molecule is Cc1sc2ncnc(N/N=C\c3ccc([N+](=O)[O-])o3)c2c1C. The number of hydrazone groups is 1. The van der Waals surface area contributed by atoms with Gasteiger partial charge in [0.25, 0.3) is 0 Å². The zero-order valence-corrected chi connectivity index (χ0v) is 12.5. The molecule has 3 aromatic rings. The molecule has 0 unspecified atom stereocenters. The minimum atomic E-state index is -0.601. The maximum Gasteiger partial charge on any atom is 0.433 e. The van der Waals surface area contributed by atoms with Crippen molar-refractivity contribution in [3.05, 3.63) is 44.8 Å². The van der Waals surface area contributed by atoms with Crippen LogP contribution in [-0.2, 0) is 0 Å². The molecule has 3 heterocycles. The van der Waals surface area contributed by atoms with Gasteiger partial charge in [0.1, 0.15) is 16.1 Å². The van der Waals surface area contributed by atoms with Gasteiger partial charge < -0.3 is 4.42 Å². The summed E-state index contributed by atoms with van der Waals surface area (Å²) in [7, 11) is 0. The van der Waals surface area contributed by atoms with Crippen molar-refractivity contribution in [1.29, 1.82) is 0 Å². The molecular formula is C13H11N5O3S. The molecule has 0 radical (unpaired) electrons. The van der Waals surface area contributed by atoms with Crippen molar-refractivity contribution in [2.75, 3.05) is 5.43 Å². The summed E-state index contributed by atoms with van der Waals surface area (Å²) in [5, 5.41) is 15.5. The van der Waals surface area contributed by atoms with Gasteiger partial charge in [-0.25, -0.2) is 9.97 Å². The average Bonchev–Trinajstić information content (AvgIpc) is 3.06. The van der Waals surface area contributed by atoms with E-state index in [0.29, 0.717) is 5.82 Å². The topological polar surface area (TPSA) is 106 Å². The Morgan fingerprint density at radius 1 is 1.41 bits per heavy atom. The predicted octanol–water partition coefficient (Wildman–Crippen LogP) is 3.26. The zero-order chi connectivity index (χ0) is 15.7. The van der Waals surface area contributed by atoms with Gasteiger partial charge in [-0.2, -0.15) is 5.10 Å². The lowest BCUT2D eigenvalue weighted by atomic mass is 10.2. The van der Waals surface area contributed by atoms with Gasteiger partial charge in [0.15, 0.2) is 11.6 Å². The van der Waals surface area contributed by atoms with Gasteiger partial charge in [-0.3, -0.25) is 15.5 Å². The molecule has 9 heteroatoms. The smallest absolute Gasteiger partial charge is 0.400 e. The Hall–Kier alpha value is -2.81. The Bertz CT molecular complexity index is 883. The van der Waals surface area contributed by atoms with E-state index >= 15 is 0 Å². The minimum Gasteiger partial charge on any atom is -0.400 e. The summed E-state index contributed by atoms with van der Waals surface area (Å²) in [4.78, 5) is 20.4. The van der Waals surface area contributed by atoms with Gasteiger partial charge in [0.05, 0.1) is 17.7 Å². The Labute approximate surface area is 128 Å². The van der Waals surface area contributed by atoms with E-state index in [-0.39, 0.29) is 11.6 Å². The molecule has 0 amide bonds. The molecule has 0 spiro atoms. The number of thiophene rings is 1. The predicted molar refractivity (Wildman–Crippen MR) is 83.5 cm³/mol. The number of nitro groups is 1. The van der Waals surface area contributed by atoms with Crippen LogP contribution in [0.2, 0.25) is 0 Å². The summed E-state index contributed by atoms with van der Waals surface area (Å²) in [5.41, 5.74) is 3.93. The first-order valence-electron chi connectivity index (χ1n) is 6.30.